The number of hydrogen-bond acceptors (Lipinski definition) is 3. The van der Waals surface area contributed by atoms with Gasteiger partial charge in [0.05, 0.1) is 12.5 Å². The minimum atomic E-state index is -0.271. The van der Waals surface area contributed by atoms with E-state index >= 15 is 0 Å². The van der Waals surface area contributed by atoms with E-state index in [1.165, 1.54) is 5.56 Å². The Balaban J connectivity index is 2.42. The number of likely N-dealkylation sites (N-methyl/N-ethyl adjacent to an activating group) is 1. The molecule has 5 heteroatoms. The van der Waals surface area contributed by atoms with Crippen molar-refractivity contribution in [2.45, 2.75) is 33.1 Å². The number of nitrogens with one attached hydrogen (secondary N) is 2. The number of carbonyl (C=O) groups excluding carboxylic acids is 2. The largest absolute Gasteiger partial charge is 0.353 e. The van der Waals surface area contributed by atoms with Gasteiger partial charge in [0.1, 0.15) is 0 Å². The molecular formula is C19H31N3O2. The van der Waals surface area contributed by atoms with Gasteiger partial charge in [-0.25, -0.2) is 0 Å². The van der Waals surface area contributed by atoms with Crippen LogP contribution in [0.3, 0.4) is 0 Å². The third kappa shape index (κ3) is 7.59. The van der Waals surface area contributed by atoms with Crippen molar-refractivity contribution in [3.8, 4) is 0 Å². The van der Waals surface area contributed by atoms with Crippen LogP contribution in [-0.4, -0.2) is 50.4 Å². The van der Waals surface area contributed by atoms with Gasteiger partial charge in [-0.15, -0.1) is 0 Å². The molecule has 1 rings (SSSR count). The summed E-state index contributed by atoms with van der Waals surface area (Å²) in [4.78, 5) is 25.9. The number of carbonyl (C=O) groups is 2. The molecule has 2 N–H and O–H groups in total. The van der Waals surface area contributed by atoms with Crippen LogP contribution >= 0.6 is 0 Å². The maximum atomic E-state index is 12.2. The maximum Gasteiger partial charge on any atom is 0.239 e. The summed E-state index contributed by atoms with van der Waals surface area (Å²) in [5.74, 6) is 0.0503. The Labute approximate surface area is 145 Å². The Bertz CT molecular complexity index is 524. The highest BCUT2D eigenvalue weighted by Crippen LogP contribution is 2.17. The molecule has 0 radical (unpaired) electrons. The molecule has 1 aromatic rings. The summed E-state index contributed by atoms with van der Waals surface area (Å²) in [7, 11) is 3.89. The van der Waals surface area contributed by atoms with E-state index < -0.39 is 0 Å². The molecule has 134 valence electrons. The van der Waals surface area contributed by atoms with Crippen LogP contribution in [0, 0.1) is 5.92 Å². The number of rotatable bonds is 9. The Morgan fingerprint density at radius 1 is 1.04 bits per heavy atom. The molecule has 0 saturated heterocycles. The monoisotopic (exact) mass is 333 g/mol. The van der Waals surface area contributed by atoms with Crippen molar-refractivity contribution in [2.75, 3.05) is 33.7 Å². The SMILES string of the molecule is CC(C)Cc1ccc([C@@H](C)C(=O)NCC(=O)NCCN(C)C)cc1. The fraction of sp³-hybridized carbons (Fsp3) is 0.579. The van der Waals surface area contributed by atoms with Gasteiger partial charge in [0.2, 0.25) is 11.8 Å². The summed E-state index contributed by atoms with van der Waals surface area (Å²) < 4.78 is 0. The van der Waals surface area contributed by atoms with Gasteiger partial charge in [0, 0.05) is 13.1 Å². The standard InChI is InChI=1S/C19H31N3O2/c1-14(2)12-16-6-8-17(9-7-16)15(3)19(24)21-13-18(23)20-10-11-22(4)5/h6-9,14-15H,10-13H2,1-5H3,(H,20,23)(H,21,24)/t15-/m1/s1. The van der Waals surface area contributed by atoms with E-state index in [2.05, 4.69) is 36.6 Å². The highest BCUT2D eigenvalue weighted by molar-refractivity contribution is 5.88. The predicted octanol–water partition coefficient (Wildman–Crippen LogP) is 1.78. The van der Waals surface area contributed by atoms with Gasteiger partial charge in [-0.3, -0.25) is 9.59 Å². The molecule has 0 aliphatic carbocycles. The van der Waals surface area contributed by atoms with Crippen molar-refractivity contribution in [2.24, 2.45) is 5.92 Å². The zero-order valence-electron chi connectivity index (χ0n) is 15.6. The van der Waals surface area contributed by atoms with Crippen molar-refractivity contribution < 1.29 is 9.59 Å². The molecule has 0 aromatic heterocycles. The topological polar surface area (TPSA) is 61.4 Å². The smallest absolute Gasteiger partial charge is 0.239 e. The van der Waals surface area contributed by atoms with Crippen molar-refractivity contribution in [3.05, 3.63) is 35.4 Å². The van der Waals surface area contributed by atoms with Gasteiger partial charge in [0.25, 0.3) is 0 Å². The summed E-state index contributed by atoms with van der Waals surface area (Å²) in [5.41, 5.74) is 2.25. The summed E-state index contributed by atoms with van der Waals surface area (Å²) in [6.07, 6.45) is 1.04. The second-order valence-electron chi connectivity index (χ2n) is 6.93. The van der Waals surface area contributed by atoms with Crippen LogP contribution in [0.15, 0.2) is 24.3 Å². The van der Waals surface area contributed by atoms with E-state index in [0.717, 1.165) is 18.5 Å². The Hall–Kier alpha value is -1.88. The van der Waals surface area contributed by atoms with Gasteiger partial charge >= 0.3 is 0 Å². The molecule has 5 nitrogen and oxygen atoms in total. The molecule has 0 aliphatic rings. The second kappa shape index (κ2) is 10.1. The summed E-state index contributed by atoms with van der Waals surface area (Å²) in [5, 5.41) is 5.48. The average Bonchev–Trinajstić information content (AvgIpc) is 2.51. The third-order valence-electron chi connectivity index (χ3n) is 3.82. The van der Waals surface area contributed by atoms with E-state index in [9.17, 15) is 9.59 Å². The van der Waals surface area contributed by atoms with Gasteiger partial charge in [-0.2, -0.15) is 0 Å². The van der Waals surface area contributed by atoms with Gasteiger partial charge in [-0.05, 0) is 44.5 Å². The van der Waals surface area contributed by atoms with E-state index in [-0.39, 0.29) is 24.3 Å². The van der Waals surface area contributed by atoms with E-state index in [4.69, 9.17) is 0 Å². The van der Waals surface area contributed by atoms with Gasteiger partial charge in [-0.1, -0.05) is 38.1 Å². The van der Waals surface area contributed by atoms with Crippen LogP contribution in [-0.2, 0) is 16.0 Å². The zero-order chi connectivity index (χ0) is 18.1. The van der Waals surface area contributed by atoms with Crippen molar-refractivity contribution in [1.82, 2.24) is 15.5 Å². The molecule has 0 saturated carbocycles. The van der Waals surface area contributed by atoms with E-state index in [1.807, 2.05) is 38.1 Å². The molecule has 0 spiro atoms. The lowest BCUT2D eigenvalue weighted by Gasteiger charge is -2.14. The lowest BCUT2D eigenvalue weighted by Crippen LogP contribution is -2.40. The molecule has 0 heterocycles. The molecule has 0 unspecified atom stereocenters. The van der Waals surface area contributed by atoms with Crippen LogP contribution in [0.25, 0.3) is 0 Å². The molecule has 1 atom stereocenters. The molecule has 2 amide bonds. The molecular weight excluding hydrogens is 302 g/mol. The first-order valence-electron chi connectivity index (χ1n) is 8.57. The molecule has 0 fully saturated rings. The van der Waals surface area contributed by atoms with E-state index in [1.54, 1.807) is 0 Å². The third-order valence-corrected chi connectivity index (χ3v) is 3.82. The lowest BCUT2D eigenvalue weighted by atomic mass is 9.96. The molecule has 0 aliphatic heterocycles. The maximum absolute atomic E-state index is 12.2. The normalized spacial score (nSPS) is 12.3. The molecule has 24 heavy (non-hydrogen) atoms. The van der Waals surface area contributed by atoms with Crippen LogP contribution in [0.1, 0.15) is 37.8 Å². The molecule has 1 aromatic carbocycles. The average molecular weight is 333 g/mol. The van der Waals surface area contributed by atoms with Crippen molar-refractivity contribution >= 4 is 11.8 Å². The number of nitrogens with zero attached hydrogens (tertiary/aromatic N) is 1. The minimum Gasteiger partial charge on any atom is -0.353 e. The Kier molecular flexibility index (Phi) is 8.47. The van der Waals surface area contributed by atoms with Gasteiger partial charge < -0.3 is 15.5 Å². The first-order chi connectivity index (χ1) is 11.3. The summed E-state index contributed by atoms with van der Waals surface area (Å²) >= 11 is 0. The quantitative estimate of drug-likeness (QED) is 0.724. The Morgan fingerprint density at radius 2 is 1.67 bits per heavy atom. The number of benzene rings is 1. The van der Waals surface area contributed by atoms with Crippen LogP contribution < -0.4 is 10.6 Å². The number of hydrogen-bond donors (Lipinski definition) is 2. The second-order valence-corrected chi connectivity index (χ2v) is 6.93. The van der Waals surface area contributed by atoms with Crippen molar-refractivity contribution in [3.63, 3.8) is 0 Å². The summed E-state index contributed by atoms with van der Waals surface area (Å²) in [6.45, 7) is 7.60. The fourth-order valence-corrected chi connectivity index (χ4v) is 2.37. The minimum absolute atomic E-state index is 0.0159. The van der Waals surface area contributed by atoms with E-state index in [0.29, 0.717) is 12.5 Å². The highest BCUT2D eigenvalue weighted by atomic mass is 16.2. The highest BCUT2D eigenvalue weighted by Gasteiger charge is 2.16. The van der Waals surface area contributed by atoms with Gasteiger partial charge in [0.15, 0.2) is 0 Å². The number of amides is 2. The van der Waals surface area contributed by atoms with Crippen molar-refractivity contribution in [1.29, 1.82) is 0 Å². The van der Waals surface area contributed by atoms with Crippen LogP contribution in [0.5, 0.6) is 0 Å². The molecule has 0 bridgehead atoms. The van der Waals surface area contributed by atoms with Crippen LogP contribution in [0.2, 0.25) is 0 Å². The van der Waals surface area contributed by atoms with Crippen LogP contribution in [0.4, 0.5) is 0 Å². The first-order valence-corrected chi connectivity index (χ1v) is 8.57. The fourth-order valence-electron chi connectivity index (χ4n) is 2.37. The first kappa shape index (κ1) is 20.2. The lowest BCUT2D eigenvalue weighted by molar-refractivity contribution is -0.126. The zero-order valence-corrected chi connectivity index (χ0v) is 15.6. The predicted molar refractivity (Wildman–Crippen MR) is 98.0 cm³/mol. The summed E-state index contributed by atoms with van der Waals surface area (Å²) in [6, 6.07) is 8.15. The Morgan fingerprint density at radius 3 is 2.21 bits per heavy atom.